The molecule has 2 fully saturated rings. The van der Waals surface area contributed by atoms with Gasteiger partial charge in [0.05, 0.1) is 26.4 Å². The highest BCUT2D eigenvalue weighted by atomic mass is 16.8. The lowest BCUT2D eigenvalue weighted by molar-refractivity contribution is -0.379. The average molecular weight is 416 g/mol. The number of hydrogen-bond donors (Lipinski definition) is 9. The van der Waals surface area contributed by atoms with E-state index in [1.54, 1.807) is 0 Å². The van der Waals surface area contributed by atoms with Crippen LogP contribution in [0.5, 0.6) is 0 Å². The monoisotopic (exact) mass is 416 g/mol. The number of aliphatic hydroxyl groups excluding tert-OH is 9. The fraction of sp³-hybridized carbons (Fsp3) is 1.00. The van der Waals surface area contributed by atoms with E-state index < -0.39 is 93.9 Å². The van der Waals surface area contributed by atoms with Gasteiger partial charge in [-0.1, -0.05) is 0 Å². The van der Waals surface area contributed by atoms with Crippen molar-refractivity contribution in [1.29, 1.82) is 0 Å². The zero-order valence-electron chi connectivity index (χ0n) is 14.8. The molecular formula is C15H28O13. The minimum absolute atomic E-state index is 0.444. The Balaban J connectivity index is 2.10. The van der Waals surface area contributed by atoms with Crippen LogP contribution in [-0.4, -0.2) is 140 Å². The van der Waals surface area contributed by atoms with E-state index >= 15 is 0 Å². The quantitative estimate of drug-likeness (QED) is 0.180. The van der Waals surface area contributed by atoms with E-state index in [9.17, 15) is 40.9 Å². The molecule has 0 saturated carbocycles. The molecule has 2 heterocycles. The minimum Gasteiger partial charge on any atom is -0.394 e. The first kappa shape index (κ1) is 23.8. The summed E-state index contributed by atoms with van der Waals surface area (Å²) in [7, 11) is 0. The molecule has 0 aromatic carbocycles. The summed E-state index contributed by atoms with van der Waals surface area (Å²) in [6.07, 6.45) is -16.7. The van der Waals surface area contributed by atoms with Gasteiger partial charge in [0.25, 0.3) is 0 Å². The van der Waals surface area contributed by atoms with Crippen LogP contribution in [0.25, 0.3) is 0 Å². The van der Waals surface area contributed by atoms with E-state index in [2.05, 4.69) is 0 Å². The molecule has 2 aliphatic heterocycles. The standard InChI is InChI=1S/C15H28O13/c16-1-5(19)4-25-13-9(21)7(3-18)27-15(12(13)24)28-14-11(23)10(22)8(20)6(2-17)26-14/h5-24H,1-4H2/t5?,6-,7-,8-,9-,10+,11-,12-,13+,14-,15-/m1/s1. The molecule has 13 heteroatoms. The molecule has 0 aromatic heterocycles. The molecule has 0 aromatic rings. The first-order valence-electron chi connectivity index (χ1n) is 8.74. The van der Waals surface area contributed by atoms with Crippen molar-refractivity contribution in [1.82, 2.24) is 0 Å². The van der Waals surface area contributed by atoms with Gasteiger partial charge in [-0.2, -0.15) is 0 Å². The second-order valence-electron chi connectivity index (χ2n) is 6.67. The topological polar surface area (TPSA) is 219 Å². The summed E-state index contributed by atoms with van der Waals surface area (Å²) >= 11 is 0. The Kier molecular flexibility index (Phi) is 8.90. The molecule has 9 N–H and O–H groups in total. The third-order valence-electron chi connectivity index (χ3n) is 4.63. The molecule has 166 valence electrons. The largest absolute Gasteiger partial charge is 0.394 e. The summed E-state index contributed by atoms with van der Waals surface area (Å²) in [5.41, 5.74) is 0. The third-order valence-corrected chi connectivity index (χ3v) is 4.63. The van der Waals surface area contributed by atoms with Crippen molar-refractivity contribution in [2.24, 2.45) is 0 Å². The van der Waals surface area contributed by atoms with Crippen LogP contribution in [0.4, 0.5) is 0 Å². The lowest BCUT2D eigenvalue weighted by Gasteiger charge is -2.45. The first-order chi connectivity index (χ1) is 13.2. The Morgan fingerprint density at radius 1 is 0.714 bits per heavy atom. The van der Waals surface area contributed by atoms with E-state index in [1.165, 1.54) is 0 Å². The highest BCUT2D eigenvalue weighted by molar-refractivity contribution is 4.93. The number of ether oxygens (including phenoxy) is 4. The number of rotatable bonds is 8. The van der Waals surface area contributed by atoms with Crippen molar-refractivity contribution < 1.29 is 64.9 Å². The van der Waals surface area contributed by atoms with Gasteiger partial charge in [0.15, 0.2) is 12.6 Å². The summed E-state index contributed by atoms with van der Waals surface area (Å²) in [5.74, 6) is 0. The Bertz CT molecular complexity index is 465. The van der Waals surface area contributed by atoms with Crippen molar-refractivity contribution >= 4 is 0 Å². The summed E-state index contributed by atoms with van der Waals surface area (Å²) in [6.45, 7) is -2.45. The maximum absolute atomic E-state index is 10.4. The molecule has 2 aliphatic rings. The maximum Gasteiger partial charge on any atom is 0.189 e. The second kappa shape index (κ2) is 10.5. The first-order valence-corrected chi connectivity index (χ1v) is 8.74. The lowest BCUT2D eigenvalue weighted by Crippen LogP contribution is -2.64. The van der Waals surface area contributed by atoms with Gasteiger partial charge in [0.2, 0.25) is 0 Å². The van der Waals surface area contributed by atoms with Crippen LogP contribution in [0.2, 0.25) is 0 Å². The van der Waals surface area contributed by atoms with Crippen molar-refractivity contribution in [3.8, 4) is 0 Å². The lowest BCUT2D eigenvalue weighted by atomic mass is 9.98. The van der Waals surface area contributed by atoms with Crippen LogP contribution in [0.1, 0.15) is 0 Å². The predicted molar refractivity (Wildman–Crippen MR) is 85.4 cm³/mol. The van der Waals surface area contributed by atoms with Crippen molar-refractivity contribution in [2.75, 3.05) is 26.4 Å². The molecule has 28 heavy (non-hydrogen) atoms. The molecule has 0 amide bonds. The van der Waals surface area contributed by atoms with Crippen LogP contribution in [-0.2, 0) is 18.9 Å². The Morgan fingerprint density at radius 2 is 1.25 bits per heavy atom. The molecule has 2 rings (SSSR count). The number of hydrogen-bond acceptors (Lipinski definition) is 13. The van der Waals surface area contributed by atoms with Crippen LogP contribution in [0, 0.1) is 0 Å². The molecule has 0 bridgehead atoms. The normalized spacial score (nSPS) is 45.8. The molecule has 2 saturated heterocycles. The van der Waals surface area contributed by atoms with Crippen molar-refractivity contribution in [3.05, 3.63) is 0 Å². The summed E-state index contributed by atoms with van der Waals surface area (Å²) in [6, 6.07) is 0. The Labute approximate surface area is 159 Å². The van der Waals surface area contributed by atoms with E-state index in [0.717, 1.165) is 0 Å². The fourth-order valence-corrected chi connectivity index (χ4v) is 2.95. The molecule has 11 atom stereocenters. The maximum atomic E-state index is 10.4. The zero-order valence-corrected chi connectivity index (χ0v) is 14.8. The van der Waals surface area contributed by atoms with Crippen LogP contribution in [0.3, 0.4) is 0 Å². The van der Waals surface area contributed by atoms with Gasteiger partial charge in [0.1, 0.15) is 54.9 Å². The zero-order chi connectivity index (χ0) is 21.0. The Hall–Kier alpha value is -0.520. The van der Waals surface area contributed by atoms with Gasteiger partial charge >= 0.3 is 0 Å². The molecule has 0 spiro atoms. The fourth-order valence-electron chi connectivity index (χ4n) is 2.95. The molecule has 13 nitrogen and oxygen atoms in total. The highest BCUT2D eigenvalue weighted by Crippen LogP contribution is 2.29. The predicted octanol–water partition coefficient (Wildman–Crippen LogP) is -6.02. The molecule has 0 aliphatic carbocycles. The summed E-state index contributed by atoms with van der Waals surface area (Å²) < 4.78 is 20.9. The van der Waals surface area contributed by atoms with Gasteiger partial charge < -0.3 is 64.9 Å². The van der Waals surface area contributed by atoms with Crippen LogP contribution >= 0.6 is 0 Å². The van der Waals surface area contributed by atoms with Crippen LogP contribution < -0.4 is 0 Å². The smallest absolute Gasteiger partial charge is 0.189 e. The van der Waals surface area contributed by atoms with E-state index in [-0.39, 0.29) is 0 Å². The Morgan fingerprint density at radius 3 is 1.79 bits per heavy atom. The van der Waals surface area contributed by atoms with Gasteiger partial charge in [-0.3, -0.25) is 0 Å². The van der Waals surface area contributed by atoms with E-state index in [1.807, 2.05) is 0 Å². The summed E-state index contributed by atoms with van der Waals surface area (Å²) in [5, 5.41) is 86.9. The SMILES string of the molecule is OCC(O)CO[C@@H]1[C@@H](O)[C@@H](O[C@H]2O[C@H](CO)[C@@H](O)[C@H](O)[C@H]2O)O[C@H](CO)[C@H]1O. The molecule has 1 unspecified atom stereocenters. The second-order valence-corrected chi connectivity index (χ2v) is 6.67. The van der Waals surface area contributed by atoms with E-state index in [0.29, 0.717) is 0 Å². The third kappa shape index (κ3) is 5.14. The van der Waals surface area contributed by atoms with E-state index in [4.69, 9.17) is 24.1 Å². The number of aliphatic hydroxyl groups is 9. The van der Waals surface area contributed by atoms with Crippen molar-refractivity contribution in [2.45, 2.75) is 67.5 Å². The van der Waals surface area contributed by atoms with Crippen molar-refractivity contribution in [3.63, 3.8) is 0 Å². The molecule has 0 radical (unpaired) electrons. The van der Waals surface area contributed by atoms with Gasteiger partial charge in [-0.25, -0.2) is 0 Å². The van der Waals surface area contributed by atoms with Gasteiger partial charge in [0, 0.05) is 0 Å². The van der Waals surface area contributed by atoms with Gasteiger partial charge in [-0.15, -0.1) is 0 Å². The average Bonchev–Trinajstić information content (AvgIpc) is 2.69. The summed E-state index contributed by atoms with van der Waals surface area (Å²) in [4.78, 5) is 0. The van der Waals surface area contributed by atoms with Gasteiger partial charge in [-0.05, 0) is 0 Å². The highest BCUT2D eigenvalue weighted by Gasteiger charge is 2.50. The minimum atomic E-state index is -1.76. The molecular weight excluding hydrogens is 388 g/mol. The van der Waals surface area contributed by atoms with Crippen LogP contribution in [0.15, 0.2) is 0 Å².